The molecule has 0 spiro atoms. The second kappa shape index (κ2) is 5.85. The summed E-state index contributed by atoms with van der Waals surface area (Å²) in [5.74, 6) is 0.766. The van der Waals surface area contributed by atoms with Crippen molar-refractivity contribution >= 4 is 11.6 Å². The fourth-order valence-corrected chi connectivity index (χ4v) is 2.86. The summed E-state index contributed by atoms with van der Waals surface area (Å²) in [6, 6.07) is 8.75. The van der Waals surface area contributed by atoms with Gasteiger partial charge < -0.3 is 5.32 Å². The molecule has 94 valence electrons. The molecule has 0 aliphatic carbocycles. The summed E-state index contributed by atoms with van der Waals surface area (Å²) in [6.07, 6.45) is 1.24. The molecule has 0 aromatic heterocycles. The third-order valence-corrected chi connectivity index (χ3v) is 4.14. The largest absolute Gasteiger partial charge is 0.315 e. The van der Waals surface area contributed by atoms with E-state index in [9.17, 15) is 0 Å². The van der Waals surface area contributed by atoms with E-state index in [1.54, 1.807) is 0 Å². The molecule has 0 saturated carbocycles. The predicted molar refractivity (Wildman–Crippen MR) is 73.4 cm³/mol. The average Bonchev–Trinajstić information content (AvgIpc) is 2.80. The highest BCUT2D eigenvalue weighted by atomic mass is 35.5. The topological polar surface area (TPSA) is 15.3 Å². The first kappa shape index (κ1) is 12.9. The van der Waals surface area contributed by atoms with Crippen LogP contribution in [0.1, 0.15) is 18.9 Å². The van der Waals surface area contributed by atoms with Crippen molar-refractivity contribution in [3.05, 3.63) is 34.9 Å². The zero-order valence-electron chi connectivity index (χ0n) is 10.6. The fraction of sp³-hybridized carbons (Fsp3) is 0.571. The Labute approximate surface area is 109 Å². The van der Waals surface area contributed by atoms with E-state index in [4.69, 9.17) is 11.6 Å². The van der Waals surface area contributed by atoms with Crippen molar-refractivity contribution in [2.24, 2.45) is 5.92 Å². The number of nitrogens with one attached hydrogen (secondary N) is 1. The van der Waals surface area contributed by atoms with Crippen LogP contribution in [0, 0.1) is 5.92 Å². The molecule has 3 heteroatoms. The molecule has 2 rings (SSSR count). The number of hydrogen-bond acceptors (Lipinski definition) is 2. The Morgan fingerprint density at radius 3 is 2.82 bits per heavy atom. The molecule has 1 aromatic carbocycles. The van der Waals surface area contributed by atoms with Gasteiger partial charge in [0.05, 0.1) is 0 Å². The predicted octanol–water partition coefficient (Wildman–Crippen LogP) is 2.77. The van der Waals surface area contributed by atoms with Crippen LogP contribution in [0.15, 0.2) is 24.3 Å². The summed E-state index contributed by atoms with van der Waals surface area (Å²) >= 11 is 6.20. The Morgan fingerprint density at radius 2 is 2.12 bits per heavy atom. The van der Waals surface area contributed by atoms with Crippen molar-refractivity contribution in [3.8, 4) is 0 Å². The van der Waals surface area contributed by atoms with Crippen LogP contribution in [-0.4, -0.2) is 31.1 Å². The van der Waals surface area contributed by atoms with E-state index in [0.29, 0.717) is 6.04 Å². The fourth-order valence-electron chi connectivity index (χ4n) is 2.66. The van der Waals surface area contributed by atoms with Gasteiger partial charge in [-0.1, -0.05) is 43.1 Å². The van der Waals surface area contributed by atoms with Crippen LogP contribution in [0.4, 0.5) is 0 Å². The molecule has 2 unspecified atom stereocenters. The molecule has 1 aliphatic heterocycles. The minimum Gasteiger partial charge on any atom is -0.315 e. The highest BCUT2D eigenvalue weighted by Gasteiger charge is 2.28. The summed E-state index contributed by atoms with van der Waals surface area (Å²) in [5, 5.41) is 4.35. The molecular formula is C14H21ClN2. The Kier molecular flexibility index (Phi) is 4.43. The maximum Gasteiger partial charge on any atom is 0.0451 e. The van der Waals surface area contributed by atoms with Crippen LogP contribution in [-0.2, 0) is 6.54 Å². The average molecular weight is 253 g/mol. The Morgan fingerprint density at radius 1 is 1.35 bits per heavy atom. The van der Waals surface area contributed by atoms with E-state index in [2.05, 4.69) is 36.3 Å². The minimum absolute atomic E-state index is 0.635. The molecule has 1 aromatic rings. The summed E-state index contributed by atoms with van der Waals surface area (Å²) in [6.45, 7) is 5.45. The molecule has 0 amide bonds. The van der Waals surface area contributed by atoms with E-state index in [1.165, 1.54) is 12.0 Å². The van der Waals surface area contributed by atoms with E-state index in [1.807, 2.05) is 12.1 Å². The molecule has 1 heterocycles. The Hall–Kier alpha value is -0.570. The van der Waals surface area contributed by atoms with Gasteiger partial charge in [-0.3, -0.25) is 4.90 Å². The number of rotatable bonds is 4. The molecule has 2 atom stereocenters. The first-order chi connectivity index (χ1) is 8.22. The van der Waals surface area contributed by atoms with Gasteiger partial charge >= 0.3 is 0 Å². The van der Waals surface area contributed by atoms with Crippen LogP contribution in [0.5, 0.6) is 0 Å². The van der Waals surface area contributed by atoms with E-state index < -0.39 is 0 Å². The zero-order valence-corrected chi connectivity index (χ0v) is 11.4. The van der Waals surface area contributed by atoms with Crippen LogP contribution < -0.4 is 5.32 Å². The van der Waals surface area contributed by atoms with Gasteiger partial charge in [0.15, 0.2) is 0 Å². The molecule has 2 nitrogen and oxygen atoms in total. The first-order valence-corrected chi connectivity index (χ1v) is 6.74. The van der Waals surface area contributed by atoms with Gasteiger partial charge in [-0.05, 0) is 31.1 Å². The first-order valence-electron chi connectivity index (χ1n) is 6.36. The second-order valence-electron chi connectivity index (χ2n) is 4.90. The smallest absolute Gasteiger partial charge is 0.0451 e. The van der Waals surface area contributed by atoms with E-state index in [-0.39, 0.29) is 0 Å². The second-order valence-corrected chi connectivity index (χ2v) is 5.31. The molecule has 0 bridgehead atoms. The summed E-state index contributed by atoms with van der Waals surface area (Å²) in [5.41, 5.74) is 1.22. The van der Waals surface area contributed by atoms with Gasteiger partial charge in [0.25, 0.3) is 0 Å². The maximum absolute atomic E-state index is 6.20. The van der Waals surface area contributed by atoms with Gasteiger partial charge in [-0.2, -0.15) is 0 Å². The SMILES string of the molecule is CCC1CNCC1N(C)Cc1ccccc1Cl. The number of benzene rings is 1. The molecule has 17 heavy (non-hydrogen) atoms. The minimum atomic E-state index is 0.635. The van der Waals surface area contributed by atoms with Crippen LogP contribution in [0.2, 0.25) is 5.02 Å². The molecular weight excluding hydrogens is 232 g/mol. The highest BCUT2D eigenvalue weighted by molar-refractivity contribution is 6.31. The van der Waals surface area contributed by atoms with Gasteiger partial charge in [-0.25, -0.2) is 0 Å². The number of nitrogens with zero attached hydrogens (tertiary/aromatic N) is 1. The van der Waals surface area contributed by atoms with Crippen molar-refractivity contribution in [2.45, 2.75) is 25.9 Å². The van der Waals surface area contributed by atoms with Crippen molar-refractivity contribution in [1.82, 2.24) is 10.2 Å². The lowest BCUT2D eigenvalue weighted by atomic mass is 9.99. The van der Waals surface area contributed by atoms with Crippen molar-refractivity contribution < 1.29 is 0 Å². The monoisotopic (exact) mass is 252 g/mol. The van der Waals surface area contributed by atoms with Crippen LogP contribution in [0.3, 0.4) is 0 Å². The lowest BCUT2D eigenvalue weighted by Gasteiger charge is -2.28. The molecule has 1 aliphatic rings. The number of likely N-dealkylation sites (N-methyl/N-ethyl adjacent to an activating group) is 1. The van der Waals surface area contributed by atoms with Crippen molar-refractivity contribution in [1.29, 1.82) is 0 Å². The summed E-state index contributed by atoms with van der Waals surface area (Å²) < 4.78 is 0. The van der Waals surface area contributed by atoms with Crippen molar-refractivity contribution in [2.75, 3.05) is 20.1 Å². The molecule has 1 fully saturated rings. The van der Waals surface area contributed by atoms with E-state index >= 15 is 0 Å². The third-order valence-electron chi connectivity index (χ3n) is 3.77. The number of halogens is 1. The quantitative estimate of drug-likeness (QED) is 0.887. The normalized spacial score (nSPS) is 24.5. The Bertz CT molecular complexity index is 367. The standard InChI is InChI=1S/C14H21ClN2/c1-3-11-8-16-9-14(11)17(2)10-12-6-4-5-7-13(12)15/h4-7,11,14,16H,3,8-10H2,1-2H3. The van der Waals surface area contributed by atoms with Gasteiger partial charge in [-0.15, -0.1) is 0 Å². The summed E-state index contributed by atoms with van der Waals surface area (Å²) in [7, 11) is 2.20. The van der Waals surface area contributed by atoms with Crippen LogP contribution in [0.25, 0.3) is 0 Å². The number of hydrogen-bond donors (Lipinski definition) is 1. The van der Waals surface area contributed by atoms with Gasteiger partial charge in [0, 0.05) is 24.2 Å². The highest BCUT2D eigenvalue weighted by Crippen LogP contribution is 2.22. The zero-order chi connectivity index (χ0) is 12.3. The van der Waals surface area contributed by atoms with Crippen molar-refractivity contribution in [3.63, 3.8) is 0 Å². The lowest BCUT2D eigenvalue weighted by molar-refractivity contribution is 0.201. The van der Waals surface area contributed by atoms with Crippen LogP contribution >= 0.6 is 11.6 Å². The third kappa shape index (κ3) is 3.01. The molecule has 0 radical (unpaired) electrons. The Balaban J connectivity index is 2.01. The van der Waals surface area contributed by atoms with E-state index in [0.717, 1.165) is 30.6 Å². The molecule has 1 saturated heterocycles. The van der Waals surface area contributed by atoms with Gasteiger partial charge in [0.2, 0.25) is 0 Å². The van der Waals surface area contributed by atoms with Gasteiger partial charge in [0.1, 0.15) is 0 Å². The maximum atomic E-state index is 6.20. The lowest BCUT2D eigenvalue weighted by Crippen LogP contribution is -2.37. The summed E-state index contributed by atoms with van der Waals surface area (Å²) in [4.78, 5) is 2.43. The molecule has 1 N–H and O–H groups in total.